The zero-order chi connectivity index (χ0) is 9.97. The molecule has 0 saturated carbocycles. The van der Waals surface area contributed by atoms with Gasteiger partial charge in [0, 0.05) is 17.4 Å². The van der Waals surface area contributed by atoms with Gasteiger partial charge in [-0.2, -0.15) is 0 Å². The van der Waals surface area contributed by atoms with Crippen LogP contribution in [0.4, 0.5) is 0 Å². The van der Waals surface area contributed by atoms with E-state index in [9.17, 15) is 0 Å². The molecule has 1 heterocycles. The van der Waals surface area contributed by atoms with E-state index >= 15 is 0 Å². The lowest BCUT2D eigenvalue weighted by Crippen LogP contribution is -2.24. The monoisotopic (exact) mass is 255 g/mol. The molecule has 0 aromatic heterocycles. The Balaban J connectivity index is 1.97. The van der Waals surface area contributed by atoms with E-state index in [0.717, 1.165) is 17.4 Å². The quantitative estimate of drug-likeness (QED) is 0.876. The van der Waals surface area contributed by atoms with Gasteiger partial charge in [-0.1, -0.05) is 28.1 Å². The van der Waals surface area contributed by atoms with Gasteiger partial charge in [-0.15, -0.1) is 0 Å². The lowest BCUT2D eigenvalue weighted by molar-refractivity contribution is 0.0520. The van der Waals surface area contributed by atoms with Crippen molar-refractivity contribution in [1.82, 2.24) is 5.32 Å². The molecule has 1 aromatic carbocycles. The Morgan fingerprint density at radius 3 is 3.07 bits per heavy atom. The topological polar surface area (TPSA) is 21.3 Å². The normalized spacial score (nSPS) is 26.7. The van der Waals surface area contributed by atoms with Gasteiger partial charge in [0.05, 0.1) is 6.10 Å². The molecule has 0 bridgehead atoms. The Kier molecular flexibility index (Phi) is 3.21. The first-order chi connectivity index (χ1) is 6.74. The first-order valence-electron chi connectivity index (χ1n) is 4.87. The molecular weight excluding hydrogens is 242 g/mol. The van der Waals surface area contributed by atoms with Gasteiger partial charge in [-0.25, -0.2) is 0 Å². The van der Waals surface area contributed by atoms with Crippen LogP contribution in [0.15, 0.2) is 28.7 Å². The maximum absolute atomic E-state index is 5.68. The van der Waals surface area contributed by atoms with Crippen molar-refractivity contribution in [3.63, 3.8) is 0 Å². The molecule has 1 aliphatic heterocycles. The molecule has 1 N–H and O–H groups in total. The van der Waals surface area contributed by atoms with E-state index < -0.39 is 0 Å². The van der Waals surface area contributed by atoms with Crippen LogP contribution in [0, 0.1) is 0 Å². The van der Waals surface area contributed by atoms with Crippen molar-refractivity contribution < 1.29 is 4.74 Å². The standard InChI is InChI=1S/C11H14BrNO/c1-8-7-13-11(14-8)6-9-3-2-4-10(12)5-9/h2-5,8,11,13H,6-7H2,1H3. The average Bonchev–Trinajstić information content (AvgIpc) is 2.51. The fraction of sp³-hybridized carbons (Fsp3) is 0.455. The Morgan fingerprint density at radius 2 is 2.43 bits per heavy atom. The number of rotatable bonds is 2. The minimum Gasteiger partial charge on any atom is -0.359 e. The Bertz CT molecular complexity index is 316. The summed E-state index contributed by atoms with van der Waals surface area (Å²) >= 11 is 3.46. The lowest BCUT2D eigenvalue weighted by atomic mass is 10.1. The van der Waals surface area contributed by atoms with E-state index in [1.807, 2.05) is 6.07 Å². The van der Waals surface area contributed by atoms with Crippen LogP contribution in [-0.4, -0.2) is 18.9 Å². The van der Waals surface area contributed by atoms with Crippen LogP contribution in [0.1, 0.15) is 12.5 Å². The predicted octanol–water partition coefficient (Wildman–Crippen LogP) is 2.33. The zero-order valence-corrected chi connectivity index (χ0v) is 9.75. The molecule has 0 radical (unpaired) electrons. The molecule has 1 fully saturated rings. The molecule has 2 unspecified atom stereocenters. The second-order valence-electron chi connectivity index (χ2n) is 3.68. The summed E-state index contributed by atoms with van der Waals surface area (Å²) in [6.45, 7) is 3.05. The molecule has 2 nitrogen and oxygen atoms in total. The van der Waals surface area contributed by atoms with Gasteiger partial charge < -0.3 is 4.74 Å². The zero-order valence-electron chi connectivity index (χ0n) is 8.16. The first-order valence-corrected chi connectivity index (χ1v) is 5.66. The summed E-state index contributed by atoms with van der Waals surface area (Å²) in [5.41, 5.74) is 1.30. The fourth-order valence-corrected chi connectivity index (χ4v) is 2.12. The summed E-state index contributed by atoms with van der Waals surface area (Å²) in [6, 6.07) is 8.35. The summed E-state index contributed by atoms with van der Waals surface area (Å²) in [6.07, 6.45) is 1.45. The molecule has 3 heteroatoms. The highest BCUT2D eigenvalue weighted by Crippen LogP contribution is 2.15. The van der Waals surface area contributed by atoms with Crippen molar-refractivity contribution in [3.8, 4) is 0 Å². The van der Waals surface area contributed by atoms with Gasteiger partial charge in [0.25, 0.3) is 0 Å². The third kappa shape index (κ3) is 2.56. The summed E-state index contributed by atoms with van der Waals surface area (Å²) in [4.78, 5) is 0. The maximum Gasteiger partial charge on any atom is 0.112 e. The van der Waals surface area contributed by atoms with Crippen molar-refractivity contribution in [3.05, 3.63) is 34.3 Å². The van der Waals surface area contributed by atoms with E-state index in [1.165, 1.54) is 5.56 Å². The van der Waals surface area contributed by atoms with E-state index in [1.54, 1.807) is 0 Å². The highest BCUT2D eigenvalue weighted by Gasteiger charge is 2.20. The van der Waals surface area contributed by atoms with Gasteiger partial charge in [-0.05, 0) is 24.6 Å². The summed E-state index contributed by atoms with van der Waals surface area (Å²) < 4.78 is 6.80. The minimum atomic E-state index is 0.180. The number of hydrogen-bond acceptors (Lipinski definition) is 2. The van der Waals surface area contributed by atoms with Gasteiger partial charge >= 0.3 is 0 Å². The minimum absolute atomic E-state index is 0.180. The van der Waals surface area contributed by atoms with Crippen LogP contribution < -0.4 is 5.32 Å². The summed E-state index contributed by atoms with van der Waals surface area (Å²) in [5, 5.41) is 3.34. The van der Waals surface area contributed by atoms with Crippen molar-refractivity contribution in [1.29, 1.82) is 0 Å². The predicted molar refractivity (Wildman–Crippen MR) is 60.2 cm³/mol. The SMILES string of the molecule is CC1CNC(Cc2cccc(Br)c2)O1. The van der Waals surface area contributed by atoms with Crippen LogP contribution in [0.5, 0.6) is 0 Å². The van der Waals surface area contributed by atoms with Gasteiger partial charge in [-0.3, -0.25) is 5.32 Å². The van der Waals surface area contributed by atoms with Gasteiger partial charge in [0.1, 0.15) is 6.23 Å². The number of ether oxygens (including phenoxy) is 1. The van der Waals surface area contributed by atoms with E-state index in [2.05, 4.69) is 46.4 Å². The molecule has 0 amide bonds. The van der Waals surface area contributed by atoms with Crippen molar-refractivity contribution in [2.45, 2.75) is 25.7 Å². The molecule has 1 aromatic rings. The molecule has 1 saturated heterocycles. The number of halogens is 1. The Labute approximate surface area is 92.8 Å². The van der Waals surface area contributed by atoms with E-state index in [4.69, 9.17) is 4.74 Å². The smallest absolute Gasteiger partial charge is 0.112 e. The maximum atomic E-state index is 5.68. The molecule has 2 rings (SSSR count). The van der Waals surface area contributed by atoms with E-state index in [0.29, 0.717) is 6.10 Å². The van der Waals surface area contributed by atoms with Gasteiger partial charge in [0.15, 0.2) is 0 Å². The van der Waals surface area contributed by atoms with Crippen LogP contribution in [0.3, 0.4) is 0 Å². The highest BCUT2D eigenvalue weighted by atomic mass is 79.9. The summed E-state index contributed by atoms with van der Waals surface area (Å²) in [5.74, 6) is 0. The molecule has 2 atom stereocenters. The lowest BCUT2D eigenvalue weighted by Gasteiger charge is -2.10. The average molecular weight is 256 g/mol. The first kappa shape index (κ1) is 10.1. The molecule has 76 valence electrons. The number of benzene rings is 1. The number of hydrogen-bond donors (Lipinski definition) is 1. The Morgan fingerprint density at radius 1 is 1.57 bits per heavy atom. The molecule has 0 spiro atoms. The molecule has 0 aliphatic carbocycles. The highest BCUT2D eigenvalue weighted by molar-refractivity contribution is 9.10. The molecular formula is C11H14BrNO. The van der Waals surface area contributed by atoms with Crippen molar-refractivity contribution in [2.75, 3.05) is 6.54 Å². The number of nitrogens with one attached hydrogen (secondary N) is 1. The van der Waals surface area contributed by atoms with Crippen LogP contribution in [-0.2, 0) is 11.2 Å². The third-order valence-corrected chi connectivity index (χ3v) is 2.83. The second-order valence-corrected chi connectivity index (χ2v) is 4.59. The molecule has 14 heavy (non-hydrogen) atoms. The third-order valence-electron chi connectivity index (χ3n) is 2.34. The largest absolute Gasteiger partial charge is 0.359 e. The van der Waals surface area contributed by atoms with Crippen LogP contribution >= 0.6 is 15.9 Å². The van der Waals surface area contributed by atoms with Gasteiger partial charge in [0.2, 0.25) is 0 Å². The van der Waals surface area contributed by atoms with Crippen LogP contribution in [0.2, 0.25) is 0 Å². The van der Waals surface area contributed by atoms with Crippen LogP contribution in [0.25, 0.3) is 0 Å². The summed E-state index contributed by atoms with van der Waals surface area (Å²) in [7, 11) is 0. The second kappa shape index (κ2) is 4.43. The van der Waals surface area contributed by atoms with Crippen molar-refractivity contribution >= 4 is 15.9 Å². The van der Waals surface area contributed by atoms with E-state index in [-0.39, 0.29) is 6.23 Å². The molecule has 1 aliphatic rings. The fourth-order valence-electron chi connectivity index (χ4n) is 1.67. The Hall–Kier alpha value is -0.380. The van der Waals surface area contributed by atoms with Crippen molar-refractivity contribution in [2.24, 2.45) is 0 Å².